The second-order valence-corrected chi connectivity index (χ2v) is 8.84. The summed E-state index contributed by atoms with van der Waals surface area (Å²) in [5.41, 5.74) is 1.74. The second-order valence-electron chi connectivity index (χ2n) is 6.84. The van der Waals surface area contributed by atoms with Crippen LogP contribution in [0.4, 0.5) is 5.69 Å². The number of hydrogen-bond acceptors (Lipinski definition) is 5. The summed E-state index contributed by atoms with van der Waals surface area (Å²) >= 11 is 0. The molecule has 7 nitrogen and oxygen atoms in total. The molecule has 8 heteroatoms. The van der Waals surface area contributed by atoms with Gasteiger partial charge in [-0.2, -0.15) is 4.31 Å². The van der Waals surface area contributed by atoms with E-state index < -0.39 is 10.0 Å². The van der Waals surface area contributed by atoms with Crippen molar-refractivity contribution in [3.05, 3.63) is 60.2 Å². The first-order valence-electron chi connectivity index (χ1n) is 8.96. The molecule has 0 saturated heterocycles. The van der Waals surface area contributed by atoms with Crippen LogP contribution in [0.25, 0.3) is 0 Å². The molecule has 0 saturated carbocycles. The highest BCUT2D eigenvalue weighted by Crippen LogP contribution is 2.27. The zero-order valence-electron chi connectivity index (χ0n) is 16.0. The summed E-state index contributed by atoms with van der Waals surface area (Å²) in [5, 5.41) is 6.62. The number of anilines is 1. The van der Waals surface area contributed by atoms with E-state index in [2.05, 4.69) is 10.5 Å². The molecule has 0 radical (unpaired) electrons. The molecular weight excluding hydrogens is 378 g/mol. The van der Waals surface area contributed by atoms with Crippen LogP contribution in [0.2, 0.25) is 0 Å². The van der Waals surface area contributed by atoms with Crippen molar-refractivity contribution >= 4 is 27.3 Å². The molecule has 2 aromatic rings. The number of rotatable bonds is 6. The largest absolute Gasteiger partial charge is 0.387 e. The van der Waals surface area contributed by atoms with Crippen molar-refractivity contribution in [2.24, 2.45) is 5.16 Å². The van der Waals surface area contributed by atoms with Crippen LogP contribution in [0.5, 0.6) is 0 Å². The summed E-state index contributed by atoms with van der Waals surface area (Å²) in [4.78, 5) is 18.0. The van der Waals surface area contributed by atoms with Crippen LogP contribution in [0.15, 0.2) is 64.6 Å². The third-order valence-corrected chi connectivity index (χ3v) is 6.67. The minimum absolute atomic E-state index is 0.151. The van der Waals surface area contributed by atoms with Gasteiger partial charge in [0.05, 0.1) is 4.90 Å². The number of carbonyl (C=O) groups is 1. The van der Waals surface area contributed by atoms with E-state index in [4.69, 9.17) is 4.84 Å². The minimum Gasteiger partial charge on any atom is -0.387 e. The summed E-state index contributed by atoms with van der Waals surface area (Å²) in [5.74, 6) is -0.367. The summed E-state index contributed by atoms with van der Waals surface area (Å²) < 4.78 is 26.3. The molecule has 148 valence electrons. The first-order chi connectivity index (χ1) is 13.3. The SMILES string of the molecule is CC(C)N(C)S(=O)(=O)c1ccc(NC(=O)C2=NOC(c3ccccc3)C2)cc1. The maximum absolute atomic E-state index is 12.5. The normalized spacial score (nSPS) is 16.8. The van der Waals surface area contributed by atoms with Gasteiger partial charge in [-0.15, -0.1) is 0 Å². The Balaban J connectivity index is 1.64. The van der Waals surface area contributed by atoms with E-state index in [1.165, 1.54) is 23.5 Å². The van der Waals surface area contributed by atoms with Crippen LogP contribution in [0, 0.1) is 0 Å². The molecule has 3 rings (SSSR count). The van der Waals surface area contributed by atoms with Gasteiger partial charge in [0, 0.05) is 25.2 Å². The van der Waals surface area contributed by atoms with Crippen LogP contribution in [0.1, 0.15) is 31.9 Å². The third-order valence-electron chi connectivity index (χ3n) is 4.62. The van der Waals surface area contributed by atoms with Crippen LogP contribution in [-0.4, -0.2) is 37.4 Å². The Morgan fingerprint density at radius 3 is 2.39 bits per heavy atom. The Bertz CT molecular complexity index is 970. The minimum atomic E-state index is -3.56. The average Bonchev–Trinajstić information content (AvgIpc) is 3.19. The molecule has 1 amide bonds. The second kappa shape index (κ2) is 8.12. The molecule has 0 spiro atoms. The van der Waals surface area contributed by atoms with Gasteiger partial charge in [0.2, 0.25) is 10.0 Å². The van der Waals surface area contributed by atoms with Crippen LogP contribution >= 0.6 is 0 Å². The Morgan fingerprint density at radius 1 is 1.14 bits per heavy atom. The highest BCUT2D eigenvalue weighted by atomic mass is 32.2. The standard InChI is InChI=1S/C20H23N3O4S/c1-14(2)23(3)28(25,26)17-11-9-16(10-12-17)21-20(24)18-13-19(27-22-18)15-7-5-4-6-8-15/h4-12,14,19H,13H2,1-3H3,(H,21,24). The molecule has 0 aromatic heterocycles. The Kier molecular flexibility index (Phi) is 5.81. The van der Waals surface area contributed by atoms with Gasteiger partial charge < -0.3 is 10.2 Å². The fourth-order valence-corrected chi connectivity index (χ4v) is 4.08. The molecule has 2 aromatic carbocycles. The number of carbonyl (C=O) groups excluding carboxylic acids is 1. The van der Waals surface area contributed by atoms with E-state index in [0.29, 0.717) is 17.8 Å². The summed E-state index contributed by atoms with van der Waals surface area (Å²) in [7, 11) is -2.02. The van der Waals surface area contributed by atoms with Crippen LogP contribution < -0.4 is 5.32 Å². The fourth-order valence-electron chi connectivity index (χ4n) is 2.72. The monoisotopic (exact) mass is 401 g/mol. The lowest BCUT2D eigenvalue weighted by Gasteiger charge is -2.21. The van der Waals surface area contributed by atoms with E-state index in [-0.39, 0.29) is 22.9 Å². The molecule has 0 fully saturated rings. The molecule has 1 atom stereocenters. The maximum atomic E-state index is 12.5. The molecule has 28 heavy (non-hydrogen) atoms. The lowest BCUT2D eigenvalue weighted by molar-refractivity contribution is -0.110. The molecule has 1 unspecified atom stereocenters. The Morgan fingerprint density at radius 2 is 1.79 bits per heavy atom. The van der Waals surface area contributed by atoms with E-state index in [1.54, 1.807) is 26.0 Å². The van der Waals surface area contributed by atoms with Crippen molar-refractivity contribution in [1.29, 1.82) is 0 Å². The Hall–Kier alpha value is -2.71. The summed E-state index contributed by atoms with van der Waals surface area (Å²) in [6.07, 6.45) is 0.0997. The van der Waals surface area contributed by atoms with Gasteiger partial charge in [-0.25, -0.2) is 8.42 Å². The number of oxime groups is 1. The number of hydrogen-bond donors (Lipinski definition) is 1. The zero-order valence-corrected chi connectivity index (χ0v) is 16.8. The molecular formula is C20H23N3O4S. The highest BCUT2D eigenvalue weighted by Gasteiger charge is 2.27. The summed E-state index contributed by atoms with van der Waals surface area (Å²) in [6, 6.07) is 15.5. The lowest BCUT2D eigenvalue weighted by Crippen LogP contribution is -2.33. The molecule has 0 bridgehead atoms. The quantitative estimate of drug-likeness (QED) is 0.805. The summed E-state index contributed by atoms with van der Waals surface area (Å²) in [6.45, 7) is 3.61. The maximum Gasteiger partial charge on any atom is 0.273 e. The smallest absolute Gasteiger partial charge is 0.273 e. The van der Waals surface area contributed by atoms with Crippen LogP contribution in [-0.2, 0) is 19.7 Å². The van der Waals surface area contributed by atoms with E-state index in [0.717, 1.165) is 5.56 Å². The van der Waals surface area contributed by atoms with Gasteiger partial charge in [0.15, 0.2) is 6.10 Å². The fraction of sp³-hybridized carbons (Fsp3) is 0.300. The lowest BCUT2D eigenvalue weighted by atomic mass is 10.0. The van der Waals surface area contributed by atoms with Crippen molar-refractivity contribution < 1.29 is 18.0 Å². The topological polar surface area (TPSA) is 88.1 Å². The number of nitrogens with one attached hydrogen (secondary N) is 1. The molecule has 1 aliphatic rings. The molecule has 1 aliphatic heterocycles. The van der Waals surface area contributed by atoms with Crippen molar-refractivity contribution in [2.45, 2.75) is 37.3 Å². The first kappa shape index (κ1) is 20.0. The van der Waals surface area contributed by atoms with Crippen molar-refractivity contribution in [2.75, 3.05) is 12.4 Å². The predicted octanol–water partition coefficient (Wildman–Crippen LogP) is 3.17. The third kappa shape index (κ3) is 4.23. The van der Waals surface area contributed by atoms with Gasteiger partial charge in [0.25, 0.3) is 5.91 Å². The highest BCUT2D eigenvalue weighted by molar-refractivity contribution is 7.89. The van der Waals surface area contributed by atoms with Gasteiger partial charge in [-0.1, -0.05) is 35.5 Å². The number of benzene rings is 2. The van der Waals surface area contributed by atoms with Gasteiger partial charge in [-0.3, -0.25) is 4.79 Å². The number of sulfonamides is 1. The first-order valence-corrected chi connectivity index (χ1v) is 10.4. The molecule has 0 aliphatic carbocycles. The predicted molar refractivity (Wildman–Crippen MR) is 107 cm³/mol. The molecule has 1 N–H and O–H groups in total. The molecule has 1 heterocycles. The van der Waals surface area contributed by atoms with E-state index in [9.17, 15) is 13.2 Å². The number of amides is 1. The van der Waals surface area contributed by atoms with E-state index >= 15 is 0 Å². The average molecular weight is 401 g/mol. The van der Waals surface area contributed by atoms with Crippen molar-refractivity contribution in [3.8, 4) is 0 Å². The zero-order chi connectivity index (χ0) is 20.3. The van der Waals surface area contributed by atoms with Crippen LogP contribution in [0.3, 0.4) is 0 Å². The van der Waals surface area contributed by atoms with Gasteiger partial charge >= 0.3 is 0 Å². The van der Waals surface area contributed by atoms with Gasteiger partial charge in [0.1, 0.15) is 5.71 Å². The van der Waals surface area contributed by atoms with Gasteiger partial charge in [-0.05, 0) is 43.7 Å². The number of nitrogens with zero attached hydrogens (tertiary/aromatic N) is 2. The van der Waals surface area contributed by atoms with Crippen molar-refractivity contribution in [1.82, 2.24) is 4.31 Å². The Labute approximate surface area is 165 Å². The van der Waals surface area contributed by atoms with E-state index in [1.807, 2.05) is 30.3 Å². The van der Waals surface area contributed by atoms with Crippen molar-refractivity contribution in [3.63, 3.8) is 0 Å².